The summed E-state index contributed by atoms with van der Waals surface area (Å²) in [5, 5.41) is 4.51. The van der Waals surface area contributed by atoms with Crippen molar-refractivity contribution < 1.29 is 0 Å². The summed E-state index contributed by atoms with van der Waals surface area (Å²) in [6, 6.07) is 0. The molecule has 0 aromatic carbocycles. The highest BCUT2D eigenvalue weighted by Gasteiger charge is 2.25. The molecule has 3 heterocycles. The Morgan fingerprint density at radius 1 is 1.19 bits per heavy atom. The molecule has 2 aromatic heterocycles. The molecule has 6 heteroatoms. The van der Waals surface area contributed by atoms with Crippen LogP contribution in [-0.4, -0.2) is 31.2 Å². The topological polar surface area (TPSA) is 66.8 Å². The van der Waals surface area contributed by atoms with Gasteiger partial charge >= 0.3 is 0 Å². The molecule has 1 aliphatic carbocycles. The van der Waals surface area contributed by atoms with Gasteiger partial charge in [-0.15, -0.1) is 0 Å². The van der Waals surface area contributed by atoms with E-state index in [0.717, 1.165) is 55.1 Å². The molecule has 1 N–H and O–H groups in total. The smallest absolute Gasteiger partial charge is 0.255 e. The van der Waals surface area contributed by atoms with Gasteiger partial charge in [0.1, 0.15) is 5.82 Å². The first-order valence-electron chi connectivity index (χ1n) is 9.86. The maximum Gasteiger partial charge on any atom is 0.255 e. The summed E-state index contributed by atoms with van der Waals surface area (Å²) in [7, 11) is 1.98. The van der Waals surface area contributed by atoms with Gasteiger partial charge < -0.3 is 4.98 Å². The third-order valence-electron chi connectivity index (χ3n) is 6.20. The fourth-order valence-electron chi connectivity index (χ4n) is 4.47. The molecule has 4 rings (SSSR count). The minimum absolute atomic E-state index is 0.0694. The summed E-state index contributed by atoms with van der Waals surface area (Å²) in [5.41, 5.74) is 5.50. The number of aryl methyl sites for hydroxylation is 2. The van der Waals surface area contributed by atoms with Crippen LogP contribution in [0.5, 0.6) is 0 Å². The van der Waals surface area contributed by atoms with Gasteiger partial charge in [0, 0.05) is 50.3 Å². The van der Waals surface area contributed by atoms with Gasteiger partial charge in [-0.1, -0.05) is 19.3 Å². The minimum atomic E-state index is 0.0694. The summed E-state index contributed by atoms with van der Waals surface area (Å²) < 4.78 is 1.94. The number of nitrogens with one attached hydrogen (secondary N) is 1. The van der Waals surface area contributed by atoms with E-state index in [9.17, 15) is 4.79 Å². The van der Waals surface area contributed by atoms with Crippen LogP contribution in [0.2, 0.25) is 0 Å². The molecule has 1 saturated carbocycles. The van der Waals surface area contributed by atoms with Crippen LogP contribution < -0.4 is 5.56 Å². The van der Waals surface area contributed by atoms with Crippen LogP contribution in [0.15, 0.2) is 4.79 Å². The van der Waals surface area contributed by atoms with Gasteiger partial charge in [-0.2, -0.15) is 5.10 Å². The van der Waals surface area contributed by atoms with Crippen LogP contribution in [0.3, 0.4) is 0 Å². The van der Waals surface area contributed by atoms with E-state index in [1.807, 2.05) is 11.7 Å². The number of rotatable bonds is 3. The summed E-state index contributed by atoms with van der Waals surface area (Å²) in [6.07, 6.45) is 7.00. The van der Waals surface area contributed by atoms with Crippen LogP contribution in [-0.2, 0) is 26.6 Å². The maximum atomic E-state index is 12.7. The standard InChI is InChI=1S/C20H29N5O/c1-13-16(14(2)24(3)23-13)11-25-10-9-18-17(12-25)20(26)22-19(21-18)15-7-5-4-6-8-15/h15H,4-12H2,1-3H3,(H,21,22,26). The lowest BCUT2D eigenvalue weighted by molar-refractivity contribution is 0.240. The molecule has 0 spiro atoms. The first kappa shape index (κ1) is 17.5. The molecule has 140 valence electrons. The molecule has 0 radical (unpaired) electrons. The van der Waals surface area contributed by atoms with Crippen molar-refractivity contribution in [2.24, 2.45) is 7.05 Å². The number of hydrogen-bond donors (Lipinski definition) is 1. The van der Waals surface area contributed by atoms with Crippen LogP contribution in [0.25, 0.3) is 0 Å². The highest BCUT2D eigenvalue weighted by molar-refractivity contribution is 5.26. The quantitative estimate of drug-likeness (QED) is 0.919. The van der Waals surface area contributed by atoms with Gasteiger partial charge in [-0.05, 0) is 26.7 Å². The summed E-state index contributed by atoms with van der Waals surface area (Å²) >= 11 is 0. The molecule has 2 aliphatic rings. The number of aromatic amines is 1. The van der Waals surface area contributed by atoms with E-state index in [1.54, 1.807) is 0 Å². The number of aromatic nitrogens is 4. The second-order valence-electron chi connectivity index (χ2n) is 7.94. The van der Waals surface area contributed by atoms with E-state index < -0.39 is 0 Å². The number of H-pyrrole nitrogens is 1. The van der Waals surface area contributed by atoms with E-state index in [-0.39, 0.29) is 5.56 Å². The molecule has 0 atom stereocenters. The van der Waals surface area contributed by atoms with E-state index in [1.165, 1.54) is 30.5 Å². The average Bonchev–Trinajstić information content (AvgIpc) is 2.89. The molecule has 0 bridgehead atoms. The molecule has 6 nitrogen and oxygen atoms in total. The SMILES string of the molecule is Cc1nn(C)c(C)c1CN1CCc2nc(C3CCCCC3)[nH]c(=O)c2C1. The van der Waals surface area contributed by atoms with Crippen molar-refractivity contribution in [2.45, 2.75) is 71.4 Å². The fourth-order valence-corrected chi connectivity index (χ4v) is 4.47. The summed E-state index contributed by atoms with van der Waals surface area (Å²) in [6.45, 7) is 6.63. The zero-order chi connectivity index (χ0) is 18.3. The Hall–Kier alpha value is -1.95. The third kappa shape index (κ3) is 3.22. The normalized spacial score (nSPS) is 18.9. The Morgan fingerprint density at radius 2 is 1.96 bits per heavy atom. The Labute approximate surface area is 154 Å². The molecule has 0 amide bonds. The lowest BCUT2D eigenvalue weighted by Crippen LogP contribution is -2.36. The highest BCUT2D eigenvalue weighted by atomic mass is 16.1. The molecular weight excluding hydrogens is 326 g/mol. The largest absolute Gasteiger partial charge is 0.310 e. The first-order chi connectivity index (χ1) is 12.5. The third-order valence-corrected chi connectivity index (χ3v) is 6.20. The van der Waals surface area contributed by atoms with Crippen molar-refractivity contribution in [3.05, 3.63) is 44.4 Å². The van der Waals surface area contributed by atoms with Gasteiger partial charge in [-0.25, -0.2) is 4.98 Å². The predicted octanol–water partition coefficient (Wildman–Crippen LogP) is 2.73. The predicted molar refractivity (Wildman–Crippen MR) is 101 cm³/mol. The molecule has 0 unspecified atom stereocenters. The average molecular weight is 355 g/mol. The van der Waals surface area contributed by atoms with E-state index in [4.69, 9.17) is 4.98 Å². The van der Waals surface area contributed by atoms with Crippen molar-refractivity contribution in [1.82, 2.24) is 24.6 Å². The molecule has 1 aliphatic heterocycles. The Bertz CT molecular complexity index is 860. The van der Waals surface area contributed by atoms with Gasteiger partial charge in [-0.3, -0.25) is 14.4 Å². The minimum Gasteiger partial charge on any atom is -0.310 e. The van der Waals surface area contributed by atoms with Crippen molar-refractivity contribution in [3.8, 4) is 0 Å². The van der Waals surface area contributed by atoms with Crippen LogP contribution >= 0.6 is 0 Å². The fraction of sp³-hybridized carbons (Fsp3) is 0.650. The molecule has 0 saturated heterocycles. The zero-order valence-corrected chi connectivity index (χ0v) is 16.1. The highest BCUT2D eigenvalue weighted by Crippen LogP contribution is 2.31. The second-order valence-corrected chi connectivity index (χ2v) is 7.94. The lowest BCUT2D eigenvalue weighted by atomic mass is 9.88. The van der Waals surface area contributed by atoms with E-state index in [0.29, 0.717) is 12.5 Å². The zero-order valence-electron chi connectivity index (χ0n) is 16.1. The Balaban J connectivity index is 1.54. The lowest BCUT2D eigenvalue weighted by Gasteiger charge is -2.29. The summed E-state index contributed by atoms with van der Waals surface area (Å²) in [5.74, 6) is 1.38. The van der Waals surface area contributed by atoms with Gasteiger partial charge in [0.15, 0.2) is 0 Å². The van der Waals surface area contributed by atoms with Crippen LogP contribution in [0.1, 0.15) is 72.1 Å². The van der Waals surface area contributed by atoms with Crippen molar-refractivity contribution in [1.29, 1.82) is 0 Å². The monoisotopic (exact) mass is 355 g/mol. The van der Waals surface area contributed by atoms with Crippen molar-refractivity contribution in [3.63, 3.8) is 0 Å². The number of nitrogens with zero attached hydrogens (tertiary/aromatic N) is 4. The Kier molecular flexibility index (Phi) is 4.69. The van der Waals surface area contributed by atoms with Gasteiger partial charge in [0.25, 0.3) is 5.56 Å². The molecule has 2 aromatic rings. The van der Waals surface area contributed by atoms with Gasteiger partial charge in [0.05, 0.1) is 17.0 Å². The first-order valence-corrected chi connectivity index (χ1v) is 9.86. The summed E-state index contributed by atoms with van der Waals surface area (Å²) in [4.78, 5) is 23.1. The van der Waals surface area contributed by atoms with Crippen LogP contribution in [0.4, 0.5) is 0 Å². The second kappa shape index (κ2) is 6.99. The van der Waals surface area contributed by atoms with E-state index >= 15 is 0 Å². The van der Waals surface area contributed by atoms with E-state index in [2.05, 4.69) is 28.8 Å². The molecular formula is C20H29N5O. The van der Waals surface area contributed by atoms with Crippen molar-refractivity contribution >= 4 is 0 Å². The number of fused-ring (bicyclic) bond motifs is 1. The van der Waals surface area contributed by atoms with Gasteiger partial charge in [0.2, 0.25) is 0 Å². The molecule has 1 fully saturated rings. The number of hydrogen-bond acceptors (Lipinski definition) is 4. The van der Waals surface area contributed by atoms with Crippen molar-refractivity contribution in [2.75, 3.05) is 6.54 Å². The molecule has 26 heavy (non-hydrogen) atoms. The maximum absolute atomic E-state index is 12.7. The van der Waals surface area contributed by atoms with Crippen LogP contribution in [0, 0.1) is 13.8 Å². The Morgan fingerprint density at radius 3 is 2.65 bits per heavy atom.